The quantitative estimate of drug-likeness (QED) is 0.622. The minimum atomic E-state index is 0.136. The molecule has 24 heavy (non-hydrogen) atoms. The normalized spacial score (nSPS) is 16.9. The molecule has 0 amide bonds. The standard InChI is InChI=1S/C19H33N5/c1-5-20-18(22-14-17-16(2)10-9-11-21-17)23-15-19(3,4)24-12-7-6-8-13-24/h9-11H,5-8,12-15H2,1-4H3,(H2,20,22,23). The van der Waals surface area contributed by atoms with Gasteiger partial charge >= 0.3 is 0 Å². The molecular weight excluding hydrogens is 298 g/mol. The third-order valence-corrected chi connectivity index (χ3v) is 4.75. The van der Waals surface area contributed by atoms with Crippen molar-refractivity contribution in [2.75, 3.05) is 26.2 Å². The minimum absolute atomic E-state index is 0.136. The molecule has 0 radical (unpaired) electrons. The van der Waals surface area contributed by atoms with Crippen molar-refractivity contribution in [3.05, 3.63) is 29.6 Å². The molecular formula is C19H33N5. The predicted octanol–water partition coefficient (Wildman–Crippen LogP) is 2.71. The fourth-order valence-corrected chi connectivity index (χ4v) is 3.09. The molecule has 1 aliphatic heterocycles. The summed E-state index contributed by atoms with van der Waals surface area (Å²) >= 11 is 0. The molecule has 1 aliphatic rings. The van der Waals surface area contributed by atoms with Gasteiger partial charge in [-0.25, -0.2) is 4.99 Å². The first kappa shape index (κ1) is 18.7. The summed E-state index contributed by atoms with van der Waals surface area (Å²) in [5.74, 6) is 0.868. The Morgan fingerprint density at radius 2 is 2.00 bits per heavy atom. The van der Waals surface area contributed by atoms with Crippen molar-refractivity contribution < 1.29 is 0 Å². The van der Waals surface area contributed by atoms with Gasteiger partial charge in [-0.1, -0.05) is 12.5 Å². The van der Waals surface area contributed by atoms with Gasteiger partial charge in [0.25, 0.3) is 0 Å². The van der Waals surface area contributed by atoms with Crippen LogP contribution in [0.15, 0.2) is 23.3 Å². The zero-order valence-corrected chi connectivity index (χ0v) is 15.7. The van der Waals surface area contributed by atoms with Gasteiger partial charge in [0.1, 0.15) is 0 Å². The lowest BCUT2D eigenvalue weighted by atomic mass is 9.98. The van der Waals surface area contributed by atoms with Crippen LogP contribution in [0, 0.1) is 6.92 Å². The summed E-state index contributed by atoms with van der Waals surface area (Å²) in [7, 11) is 0. The lowest BCUT2D eigenvalue weighted by Gasteiger charge is -2.41. The zero-order valence-electron chi connectivity index (χ0n) is 15.7. The number of guanidine groups is 1. The van der Waals surface area contributed by atoms with Crippen molar-refractivity contribution in [2.24, 2.45) is 4.99 Å². The molecule has 0 saturated carbocycles. The molecule has 0 bridgehead atoms. The molecule has 0 aliphatic carbocycles. The van der Waals surface area contributed by atoms with Gasteiger partial charge in [0.15, 0.2) is 5.96 Å². The molecule has 2 N–H and O–H groups in total. The van der Waals surface area contributed by atoms with Crippen molar-refractivity contribution in [3.8, 4) is 0 Å². The van der Waals surface area contributed by atoms with Gasteiger partial charge in [-0.05, 0) is 65.3 Å². The van der Waals surface area contributed by atoms with Crippen LogP contribution < -0.4 is 10.6 Å². The van der Waals surface area contributed by atoms with Crippen LogP contribution in [-0.4, -0.2) is 47.6 Å². The monoisotopic (exact) mass is 331 g/mol. The van der Waals surface area contributed by atoms with Crippen LogP contribution in [-0.2, 0) is 6.54 Å². The Hall–Kier alpha value is -1.62. The Morgan fingerprint density at radius 3 is 2.67 bits per heavy atom. The maximum Gasteiger partial charge on any atom is 0.191 e. The number of pyridine rings is 1. The van der Waals surface area contributed by atoms with E-state index in [9.17, 15) is 0 Å². The topological polar surface area (TPSA) is 52.6 Å². The van der Waals surface area contributed by atoms with Gasteiger partial charge in [0.05, 0.1) is 12.2 Å². The second-order valence-corrected chi connectivity index (χ2v) is 7.18. The summed E-state index contributed by atoms with van der Waals surface area (Å²) in [6.45, 7) is 13.6. The van der Waals surface area contributed by atoms with Gasteiger partial charge in [-0.15, -0.1) is 0 Å². The van der Waals surface area contributed by atoms with E-state index in [0.717, 1.165) is 24.7 Å². The van der Waals surface area contributed by atoms with Gasteiger partial charge in [-0.2, -0.15) is 0 Å². The molecule has 1 saturated heterocycles. The number of hydrogen-bond acceptors (Lipinski definition) is 3. The van der Waals surface area contributed by atoms with Crippen LogP contribution in [0.25, 0.3) is 0 Å². The molecule has 0 spiro atoms. The average Bonchev–Trinajstić information content (AvgIpc) is 2.59. The van der Waals surface area contributed by atoms with E-state index in [4.69, 9.17) is 4.99 Å². The Bertz CT molecular complexity index is 532. The molecule has 2 heterocycles. The second-order valence-electron chi connectivity index (χ2n) is 7.18. The molecule has 5 heteroatoms. The molecule has 2 rings (SSSR count). The van der Waals surface area contributed by atoms with E-state index >= 15 is 0 Å². The highest BCUT2D eigenvalue weighted by Crippen LogP contribution is 2.19. The van der Waals surface area contributed by atoms with Crippen LogP contribution in [0.3, 0.4) is 0 Å². The Kier molecular flexibility index (Phi) is 7.03. The number of nitrogens with zero attached hydrogens (tertiary/aromatic N) is 3. The summed E-state index contributed by atoms with van der Waals surface area (Å²) in [6, 6.07) is 4.05. The van der Waals surface area contributed by atoms with Gasteiger partial charge in [0, 0.05) is 24.8 Å². The van der Waals surface area contributed by atoms with Crippen LogP contribution >= 0.6 is 0 Å². The maximum absolute atomic E-state index is 4.71. The average molecular weight is 332 g/mol. The minimum Gasteiger partial charge on any atom is -0.357 e. The third kappa shape index (κ3) is 5.48. The maximum atomic E-state index is 4.71. The highest BCUT2D eigenvalue weighted by atomic mass is 15.2. The summed E-state index contributed by atoms with van der Waals surface area (Å²) < 4.78 is 0. The molecule has 5 nitrogen and oxygen atoms in total. The molecule has 1 aromatic heterocycles. The van der Waals surface area contributed by atoms with Crippen molar-refractivity contribution in [3.63, 3.8) is 0 Å². The predicted molar refractivity (Wildman–Crippen MR) is 101 cm³/mol. The number of hydrogen-bond donors (Lipinski definition) is 2. The molecule has 0 atom stereocenters. The first-order valence-electron chi connectivity index (χ1n) is 9.20. The van der Waals surface area contributed by atoms with Crippen molar-refractivity contribution in [2.45, 2.75) is 59.0 Å². The lowest BCUT2D eigenvalue weighted by molar-refractivity contribution is 0.0982. The number of nitrogens with one attached hydrogen (secondary N) is 2. The van der Waals surface area contributed by atoms with Gasteiger partial charge in [0.2, 0.25) is 0 Å². The number of aliphatic imine (C=N–C) groups is 1. The smallest absolute Gasteiger partial charge is 0.191 e. The van der Waals surface area contributed by atoms with E-state index in [1.54, 1.807) is 0 Å². The SMILES string of the molecule is CCNC(=NCc1ncccc1C)NCC(C)(C)N1CCCCC1. The number of aryl methyl sites for hydroxylation is 1. The van der Waals surface area contributed by atoms with Gasteiger partial charge in [-0.3, -0.25) is 9.88 Å². The van der Waals surface area contributed by atoms with Gasteiger partial charge < -0.3 is 10.6 Å². The van der Waals surface area contributed by atoms with Crippen LogP contribution in [0.2, 0.25) is 0 Å². The molecule has 0 unspecified atom stereocenters. The highest BCUT2D eigenvalue weighted by molar-refractivity contribution is 5.79. The first-order valence-corrected chi connectivity index (χ1v) is 9.20. The van der Waals surface area contributed by atoms with E-state index in [-0.39, 0.29) is 5.54 Å². The first-order chi connectivity index (χ1) is 11.5. The largest absolute Gasteiger partial charge is 0.357 e. The van der Waals surface area contributed by atoms with Crippen LogP contribution in [0.5, 0.6) is 0 Å². The number of likely N-dealkylation sites (tertiary alicyclic amines) is 1. The van der Waals surface area contributed by atoms with Crippen LogP contribution in [0.4, 0.5) is 0 Å². The Balaban J connectivity index is 1.94. The van der Waals surface area contributed by atoms with E-state index < -0.39 is 0 Å². The molecule has 134 valence electrons. The zero-order chi connectivity index (χ0) is 17.4. The summed E-state index contributed by atoms with van der Waals surface area (Å²) in [4.78, 5) is 11.7. The van der Waals surface area contributed by atoms with E-state index in [0.29, 0.717) is 6.54 Å². The van der Waals surface area contributed by atoms with E-state index in [1.807, 2.05) is 12.3 Å². The highest BCUT2D eigenvalue weighted by Gasteiger charge is 2.27. The van der Waals surface area contributed by atoms with E-state index in [2.05, 4.69) is 54.3 Å². The number of rotatable bonds is 6. The second kappa shape index (κ2) is 9.02. The summed E-state index contributed by atoms with van der Waals surface area (Å²) in [6.07, 6.45) is 5.83. The summed E-state index contributed by atoms with van der Waals surface area (Å²) in [5, 5.41) is 6.86. The molecule has 1 aromatic rings. The lowest BCUT2D eigenvalue weighted by Crippen LogP contribution is -2.54. The summed E-state index contributed by atoms with van der Waals surface area (Å²) in [5.41, 5.74) is 2.35. The Morgan fingerprint density at radius 1 is 1.25 bits per heavy atom. The third-order valence-electron chi connectivity index (χ3n) is 4.75. The number of aromatic nitrogens is 1. The van der Waals surface area contributed by atoms with E-state index in [1.165, 1.54) is 37.9 Å². The Labute approximate surface area is 147 Å². The van der Waals surface area contributed by atoms with Crippen molar-refractivity contribution >= 4 is 5.96 Å². The number of piperidine rings is 1. The van der Waals surface area contributed by atoms with Crippen molar-refractivity contribution in [1.29, 1.82) is 0 Å². The van der Waals surface area contributed by atoms with Crippen LogP contribution in [0.1, 0.15) is 51.3 Å². The molecule has 1 fully saturated rings. The fraction of sp³-hybridized carbons (Fsp3) is 0.684. The molecule has 0 aromatic carbocycles. The van der Waals surface area contributed by atoms with Crippen molar-refractivity contribution in [1.82, 2.24) is 20.5 Å². The fourth-order valence-electron chi connectivity index (χ4n) is 3.09.